The van der Waals surface area contributed by atoms with Crippen molar-refractivity contribution in [2.75, 3.05) is 45.0 Å². The van der Waals surface area contributed by atoms with Gasteiger partial charge in [0.25, 0.3) is 0 Å². The molecule has 1 N–H and O–H groups in total. The van der Waals surface area contributed by atoms with E-state index in [0.717, 1.165) is 50.1 Å². The Hall–Kier alpha value is -1.70. The van der Waals surface area contributed by atoms with Gasteiger partial charge in [0, 0.05) is 54.8 Å². The first kappa shape index (κ1) is 20.0. The van der Waals surface area contributed by atoms with E-state index in [1.165, 1.54) is 4.88 Å². The van der Waals surface area contributed by atoms with Crippen LogP contribution in [0.5, 0.6) is 0 Å². The minimum Gasteiger partial charge on any atom is -0.357 e. The summed E-state index contributed by atoms with van der Waals surface area (Å²) in [6.45, 7) is 8.56. The number of nitrogens with zero attached hydrogens (tertiary/aromatic N) is 3. The van der Waals surface area contributed by atoms with Crippen LogP contribution in [0.4, 0.5) is 0 Å². The molecule has 0 spiro atoms. The predicted molar refractivity (Wildman–Crippen MR) is 115 cm³/mol. The number of guanidine groups is 1. The zero-order valence-corrected chi connectivity index (χ0v) is 17.5. The fourth-order valence-electron chi connectivity index (χ4n) is 3.09. The molecule has 27 heavy (non-hydrogen) atoms. The number of thiophene rings is 1. The number of hydrogen-bond donors (Lipinski definition) is 1. The molecule has 7 heteroatoms. The lowest BCUT2D eigenvalue weighted by Gasteiger charge is -2.36. The van der Waals surface area contributed by atoms with Gasteiger partial charge in [0.2, 0.25) is 0 Å². The van der Waals surface area contributed by atoms with Gasteiger partial charge in [-0.15, -0.1) is 11.3 Å². The van der Waals surface area contributed by atoms with Gasteiger partial charge in [0.15, 0.2) is 5.96 Å². The van der Waals surface area contributed by atoms with Gasteiger partial charge in [-0.25, -0.2) is 0 Å². The van der Waals surface area contributed by atoms with E-state index in [0.29, 0.717) is 12.3 Å². The molecule has 0 amide bonds. The Morgan fingerprint density at radius 2 is 1.93 bits per heavy atom. The Morgan fingerprint density at radius 3 is 2.59 bits per heavy atom. The summed E-state index contributed by atoms with van der Waals surface area (Å²) in [7, 11) is -0.994. The van der Waals surface area contributed by atoms with Crippen molar-refractivity contribution in [2.45, 2.75) is 18.4 Å². The van der Waals surface area contributed by atoms with Crippen LogP contribution in [0.15, 0.2) is 57.7 Å². The van der Waals surface area contributed by atoms with E-state index in [1.807, 2.05) is 41.7 Å². The van der Waals surface area contributed by atoms with Gasteiger partial charge in [-0.05, 0) is 30.5 Å². The highest BCUT2D eigenvalue weighted by molar-refractivity contribution is 7.85. The summed E-state index contributed by atoms with van der Waals surface area (Å²) in [5, 5.41) is 5.53. The smallest absolute Gasteiger partial charge is 0.194 e. The van der Waals surface area contributed by atoms with Gasteiger partial charge in [0.1, 0.15) is 0 Å². The zero-order chi connectivity index (χ0) is 18.9. The van der Waals surface area contributed by atoms with Crippen LogP contribution in [0.2, 0.25) is 0 Å². The van der Waals surface area contributed by atoms with E-state index in [1.54, 1.807) is 0 Å². The Kier molecular flexibility index (Phi) is 7.86. The Balaban J connectivity index is 1.49. The van der Waals surface area contributed by atoms with Gasteiger partial charge in [-0.2, -0.15) is 0 Å². The molecule has 3 rings (SSSR count). The van der Waals surface area contributed by atoms with Crippen molar-refractivity contribution < 1.29 is 4.21 Å². The van der Waals surface area contributed by atoms with Crippen molar-refractivity contribution >= 4 is 28.1 Å². The standard InChI is InChI=1S/C20H28N4OS2/c1-2-21-20(22-10-16-27(25)19-8-4-3-5-9-19)24-13-11-23(12-14-24)17-18-7-6-15-26-18/h3-9,15H,2,10-14,16-17H2,1H3,(H,21,22). The summed E-state index contributed by atoms with van der Waals surface area (Å²) in [5.74, 6) is 1.50. The summed E-state index contributed by atoms with van der Waals surface area (Å²) in [6.07, 6.45) is 0. The molecule has 1 aromatic heterocycles. The minimum atomic E-state index is -0.994. The van der Waals surface area contributed by atoms with Crippen LogP contribution in [0.25, 0.3) is 0 Å². The van der Waals surface area contributed by atoms with E-state index in [4.69, 9.17) is 4.99 Å². The van der Waals surface area contributed by atoms with Gasteiger partial charge in [-0.3, -0.25) is 14.1 Å². The second-order valence-corrected chi connectivity index (χ2v) is 9.04. The van der Waals surface area contributed by atoms with Crippen molar-refractivity contribution in [2.24, 2.45) is 4.99 Å². The van der Waals surface area contributed by atoms with Crippen LogP contribution in [0, 0.1) is 0 Å². The summed E-state index contributed by atoms with van der Waals surface area (Å²) < 4.78 is 12.4. The van der Waals surface area contributed by atoms with Crippen LogP contribution >= 0.6 is 11.3 Å². The average molecular weight is 405 g/mol. The molecule has 1 fully saturated rings. The first-order chi connectivity index (χ1) is 13.3. The Bertz CT molecular complexity index is 726. The monoisotopic (exact) mass is 404 g/mol. The third-order valence-corrected chi connectivity index (χ3v) is 6.72. The highest BCUT2D eigenvalue weighted by atomic mass is 32.2. The summed E-state index contributed by atoms with van der Waals surface area (Å²) in [6, 6.07) is 13.9. The number of piperazine rings is 1. The van der Waals surface area contributed by atoms with Crippen LogP contribution in [-0.4, -0.2) is 65.0 Å². The van der Waals surface area contributed by atoms with E-state index in [2.05, 4.69) is 39.6 Å². The molecule has 1 aliphatic rings. The quantitative estimate of drug-likeness (QED) is 0.569. The number of benzene rings is 1. The van der Waals surface area contributed by atoms with Crippen molar-refractivity contribution in [3.63, 3.8) is 0 Å². The number of hydrogen-bond acceptors (Lipinski definition) is 4. The topological polar surface area (TPSA) is 47.9 Å². The molecule has 1 atom stereocenters. The highest BCUT2D eigenvalue weighted by Crippen LogP contribution is 2.13. The van der Waals surface area contributed by atoms with Crippen LogP contribution < -0.4 is 5.32 Å². The fourth-order valence-corrected chi connectivity index (χ4v) is 4.79. The van der Waals surface area contributed by atoms with Crippen molar-refractivity contribution in [1.82, 2.24) is 15.1 Å². The SMILES string of the molecule is CCNC(=NCCS(=O)c1ccccc1)N1CCN(Cc2cccs2)CC1. The minimum absolute atomic E-state index is 0.553. The number of nitrogens with one attached hydrogen (secondary N) is 1. The molecule has 146 valence electrons. The van der Waals surface area contributed by atoms with E-state index < -0.39 is 10.8 Å². The normalized spacial score (nSPS) is 17.1. The maximum atomic E-state index is 12.4. The molecule has 0 radical (unpaired) electrons. The third kappa shape index (κ3) is 6.16. The molecule has 5 nitrogen and oxygen atoms in total. The molecule has 2 heterocycles. The van der Waals surface area contributed by atoms with E-state index in [9.17, 15) is 4.21 Å². The molecule has 1 aromatic carbocycles. The second-order valence-electron chi connectivity index (χ2n) is 6.44. The highest BCUT2D eigenvalue weighted by Gasteiger charge is 2.19. The number of aliphatic imine (C=N–C) groups is 1. The molecular formula is C20H28N4OS2. The Morgan fingerprint density at radius 1 is 1.15 bits per heavy atom. The maximum Gasteiger partial charge on any atom is 0.194 e. The molecule has 1 saturated heterocycles. The van der Waals surface area contributed by atoms with Gasteiger partial charge < -0.3 is 10.2 Å². The molecular weight excluding hydrogens is 376 g/mol. The zero-order valence-electron chi connectivity index (χ0n) is 15.8. The molecule has 0 aliphatic carbocycles. The second kappa shape index (κ2) is 10.6. The molecule has 0 bridgehead atoms. The average Bonchev–Trinajstić information content (AvgIpc) is 3.21. The first-order valence-electron chi connectivity index (χ1n) is 9.47. The number of rotatable bonds is 7. The Labute approximate surface area is 168 Å². The third-order valence-electron chi connectivity index (χ3n) is 4.51. The first-order valence-corrected chi connectivity index (χ1v) is 11.7. The van der Waals surface area contributed by atoms with Gasteiger partial charge in [0.05, 0.1) is 17.3 Å². The maximum absolute atomic E-state index is 12.4. The lowest BCUT2D eigenvalue weighted by Crippen LogP contribution is -2.52. The predicted octanol–water partition coefficient (Wildman–Crippen LogP) is 2.64. The van der Waals surface area contributed by atoms with E-state index in [-0.39, 0.29) is 0 Å². The lowest BCUT2D eigenvalue weighted by molar-refractivity contribution is 0.174. The van der Waals surface area contributed by atoms with Crippen LogP contribution in [0.1, 0.15) is 11.8 Å². The molecule has 0 saturated carbocycles. The van der Waals surface area contributed by atoms with Crippen molar-refractivity contribution in [1.29, 1.82) is 0 Å². The summed E-state index contributed by atoms with van der Waals surface area (Å²) >= 11 is 1.82. The van der Waals surface area contributed by atoms with Gasteiger partial charge in [-0.1, -0.05) is 24.3 Å². The summed E-state index contributed by atoms with van der Waals surface area (Å²) in [5.41, 5.74) is 0. The van der Waals surface area contributed by atoms with Crippen molar-refractivity contribution in [3.8, 4) is 0 Å². The van der Waals surface area contributed by atoms with Gasteiger partial charge >= 0.3 is 0 Å². The lowest BCUT2D eigenvalue weighted by atomic mass is 10.3. The van der Waals surface area contributed by atoms with E-state index >= 15 is 0 Å². The molecule has 2 aromatic rings. The van der Waals surface area contributed by atoms with Crippen LogP contribution in [-0.2, 0) is 17.3 Å². The van der Waals surface area contributed by atoms with Crippen molar-refractivity contribution in [3.05, 3.63) is 52.7 Å². The fraction of sp³-hybridized carbons (Fsp3) is 0.450. The molecule has 1 aliphatic heterocycles. The summed E-state index contributed by atoms with van der Waals surface area (Å²) in [4.78, 5) is 11.8. The van der Waals surface area contributed by atoms with Crippen LogP contribution in [0.3, 0.4) is 0 Å². The largest absolute Gasteiger partial charge is 0.357 e. The molecule has 1 unspecified atom stereocenters.